The van der Waals surface area contributed by atoms with Crippen molar-refractivity contribution in [1.29, 1.82) is 0 Å². The molecule has 0 atom stereocenters. The Labute approximate surface area is 83.2 Å². The smallest absolute Gasteiger partial charge is 0.389 e. The maximum absolute atomic E-state index is 12.4. The molecule has 16 heavy (non-hydrogen) atoms. The molecule has 0 N–H and O–H groups in total. The second-order valence-corrected chi connectivity index (χ2v) is 2.53. The minimum absolute atomic E-state index is 0.389. The lowest BCUT2D eigenvalue weighted by Crippen LogP contribution is -2.56. The molecule has 0 aliphatic rings. The average Bonchev–Trinajstić information content (AvgIpc) is 2.00. The van der Waals surface area contributed by atoms with Crippen LogP contribution in [0.4, 0.5) is 30.7 Å². The van der Waals surface area contributed by atoms with Crippen LogP contribution in [0, 0.1) is 0 Å². The van der Waals surface area contributed by atoms with Gasteiger partial charge in [0.15, 0.2) is 0 Å². The minimum atomic E-state index is -6.65. The number of rotatable bonds is 2. The van der Waals surface area contributed by atoms with Gasteiger partial charge in [-0.3, -0.25) is 4.79 Å². The summed E-state index contributed by atoms with van der Waals surface area (Å²) in [6.07, 6.45) is -6.65. The van der Waals surface area contributed by atoms with E-state index in [4.69, 9.17) is 0 Å². The van der Waals surface area contributed by atoms with Gasteiger partial charge in [-0.15, -0.1) is 0 Å². The highest BCUT2D eigenvalue weighted by atomic mass is 19.4. The Balaban J connectivity index is 5.19. The molecule has 3 nitrogen and oxygen atoms in total. The van der Waals surface area contributed by atoms with E-state index in [1.807, 2.05) is 0 Å². The molecular weight excluding hydrogens is 253 g/mol. The molecule has 94 valence electrons. The largest absolute Gasteiger partial charge is 0.460 e. The lowest BCUT2D eigenvalue weighted by molar-refractivity contribution is -0.347. The van der Waals surface area contributed by atoms with Crippen molar-refractivity contribution in [3.8, 4) is 0 Å². The summed E-state index contributed by atoms with van der Waals surface area (Å²) < 4.78 is 86.5. The lowest BCUT2D eigenvalue weighted by atomic mass is 10.1. The van der Waals surface area contributed by atoms with Crippen molar-refractivity contribution < 1.29 is 45.1 Å². The molecule has 0 aliphatic heterocycles. The van der Waals surface area contributed by atoms with Gasteiger partial charge < -0.3 is 4.74 Å². The summed E-state index contributed by atoms with van der Waals surface area (Å²) in [6, 6.07) is 0. The molecule has 0 aliphatic carbocycles. The molecule has 0 heterocycles. The van der Waals surface area contributed by atoms with E-state index in [9.17, 15) is 40.3 Å². The summed E-state index contributed by atoms with van der Waals surface area (Å²) in [6.45, 7) is 0.389. The molecule has 0 aromatic rings. The molecular formula is C6H3F7O3. The van der Waals surface area contributed by atoms with Gasteiger partial charge in [0.1, 0.15) is 0 Å². The Morgan fingerprint density at radius 1 is 0.938 bits per heavy atom. The lowest BCUT2D eigenvalue weighted by Gasteiger charge is -2.25. The molecule has 0 rings (SSSR count). The normalized spacial score (nSPS) is 13.5. The van der Waals surface area contributed by atoms with Crippen molar-refractivity contribution in [2.75, 3.05) is 0 Å². The third kappa shape index (κ3) is 2.42. The highest BCUT2D eigenvalue weighted by Gasteiger charge is 2.77. The quantitative estimate of drug-likeness (QED) is 0.430. The van der Waals surface area contributed by atoms with Crippen LogP contribution in [-0.4, -0.2) is 30.0 Å². The van der Waals surface area contributed by atoms with E-state index in [1.165, 1.54) is 0 Å². The Bertz CT molecular complexity index is 306. The first-order valence-corrected chi connectivity index (χ1v) is 3.39. The van der Waals surface area contributed by atoms with E-state index in [0.29, 0.717) is 6.92 Å². The highest BCUT2D eigenvalue weighted by molar-refractivity contribution is 5.89. The van der Waals surface area contributed by atoms with Crippen molar-refractivity contribution in [3.05, 3.63) is 0 Å². The molecule has 0 amide bonds. The number of ether oxygens (including phenoxy) is 1. The first-order chi connectivity index (χ1) is 6.84. The molecule has 0 saturated carbocycles. The zero-order chi connectivity index (χ0) is 13.4. The van der Waals surface area contributed by atoms with Crippen LogP contribution in [0.2, 0.25) is 0 Å². The Hall–Kier alpha value is -1.35. The topological polar surface area (TPSA) is 43.4 Å². The van der Waals surface area contributed by atoms with Crippen molar-refractivity contribution in [2.45, 2.75) is 24.9 Å². The van der Waals surface area contributed by atoms with Gasteiger partial charge in [0.2, 0.25) is 0 Å². The van der Waals surface area contributed by atoms with Gasteiger partial charge in [-0.1, -0.05) is 0 Å². The maximum Gasteiger partial charge on any atom is 0.460 e. The van der Waals surface area contributed by atoms with E-state index < -0.39 is 30.0 Å². The Morgan fingerprint density at radius 2 is 1.31 bits per heavy atom. The van der Waals surface area contributed by atoms with Crippen molar-refractivity contribution in [2.24, 2.45) is 0 Å². The van der Waals surface area contributed by atoms with E-state index in [2.05, 4.69) is 4.74 Å². The van der Waals surface area contributed by atoms with Gasteiger partial charge in [0.25, 0.3) is 0 Å². The summed E-state index contributed by atoms with van der Waals surface area (Å²) in [5.41, 5.74) is 0. The number of alkyl halides is 7. The van der Waals surface area contributed by atoms with Gasteiger partial charge in [-0.05, 0) is 0 Å². The fraction of sp³-hybridized carbons (Fsp3) is 0.667. The molecule has 0 saturated heterocycles. The first kappa shape index (κ1) is 14.7. The Morgan fingerprint density at radius 3 is 1.56 bits per heavy atom. The van der Waals surface area contributed by atoms with Crippen LogP contribution >= 0.6 is 0 Å². The second kappa shape index (κ2) is 3.91. The summed E-state index contributed by atoms with van der Waals surface area (Å²) in [4.78, 5) is 20.2. The van der Waals surface area contributed by atoms with Gasteiger partial charge in [0, 0.05) is 6.92 Å². The molecule has 0 unspecified atom stereocenters. The van der Waals surface area contributed by atoms with Gasteiger partial charge in [-0.2, -0.15) is 30.7 Å². The van der Waals surface area contributed by atoms with E-state index >= 15 is 0 Å². The van der Waals surface area contributed by atoms with Crippen LogP contribution in [0.3, 0.4) is 0 Å². The first-order valence-electron chi connectivity index (χ1n) is 3.39. The molecule has 0 radical (unpaired) electrons. The number of carbonyl (C=O) groups is 2. The molecule has 10 heteroatoms. The van der Waals surface area contributed by atoms with Crippen molar-refractivity contribution in [1.82, 2.24) is 0 Å². The SMILES string of the molecule is CC(=O)OC(=O)C(F)(F)C(F)(F)C(F)(F)F. The number of carbonyl (C=O) groups excluding carboxylic acids is 2. The predicted molar refractivity (Wildman–Crippen MR) is 32.7 cm³/mol. The summed E-state index contributed by atoms with van der Waals surface area (Å²) in [7, 11) is 0. The summed E-state index contributed by atoms with van der Waals surface area (Å²) in [5.74, 6) is -17.8. The number of esters is 2. The fourth-order valence-corrected chi connectivity index (χ4v) is 0.501. The van der Waals surface area contributed by atoms with Crippen LogP contribution in [0.25, 0.3) is 0 Å². The minimum Gasteiger partial charge on any atom is -0.389 e. The van der Waals surface area contributed by atoms with Crippen LogP contribution in [0.1, 0.15) is 6.92 Å². The number of halogens is 7. The van der Waals surface area contributed by atoms with E-state index in [1.54, 1.807) is 0 Å². The number of hydrogen-bond acceptors (Lipinski definition) is 3. The second-order valence-electron chi connectivity index (χ2n) is 2.53. The van der Waals surface area contributed by atoms with Crippen molar-refractivity contribution >= 4 is 11.9 Å². The summed E-state index contributed by atoms with van der Waals surface area (Å²) in [5, 5.41) is 0. The van der Waals surface area contributed by atoms with Crippen molar-refractivity contribution in [3.63, 3.8) is 0 Å². The predicted octanol–water partition coefficient (Wildman–Crippen LogP) is 1.91. The fourth-order valence-electron chi connectivity index (χ4n) is 0.501. The third-order valence-corrected chi connectivity index (χ3v) is 1.24. The number of hydrogen-bond donors (Lipinski definition) is 0. The van der Waals surface area contributed by atoms with Crippen LogP contribution in [-0.2, 0) is 14.3 Å². The molecule has 0 aromatic carbocycles. The standard InChI is InChI=1S/C6H3F7O3/c1-2(14)16-3(15)4(7,8)5(9,10)6(11,12)13/h1H3. The van der Waals surface area contributed by atoms with Gasteiger partial charge >= 0.3 is 30.0 Å². The Kier molecular flexibility index (Phi) is 3.58. The van der Waals surface area contributed by atoms with Gasteiger partial charge in [0.05, 0.1) is 0 Å². The van der Waals surface area contributed by atoms with Crippen LogP contribution < -0.4 is 0 Å². The molecule has 0 bridgehead atoms. The molecule has 0 fully saturated rings. The third-order valence-electron chi connectivity index (χ3n) is 1.24. The molecule has 0 aromatic heterocycles. The van der Waals surface area contributed by atoms with E-state index in [-0.39, 0.29) is 0 Å². The zero-order valence-electron chi connectivity index (χ0n) is 7.37. The van der Waals surface area contributed by atoms with Gasteiger partial charge in [-0.25, -0.2) is 4.79 Å². The van der Waals surface area contributed by atoms with Crippen LogP contribution in [0.15, 0.2) is 0 Å². The zero-order valence-corrected chi connectivity index (χ0v) is 7.37. The van der Waals surface area contributed by atoms with E-state index in [0.717, 1.165) is 0 Å². The maximum atomic E-state index is 12.4. The van der Waals surface area contributed by atoms with Crippen LogP contribution in [0.5, 0.6) is 0 Å². The summed E-state index contributed by atoms with van der Waals surface area (Å²) >= 11 is 0. The average molecular weight is 256 g/mol. The molecule has 0 spiro atoms. The monoisotopic (exact) mass is 256 g/mol. The highest BCUT2D eigenvalue weighted by Crippen LogP contribution is 2.46.